The largest absolute Gasteiger partial charge is 0.468 e. The van der Waals surface area contributed by atoms with Crippen LogP contribution < -0.4 is 0 Å². The predicted molar refractivity (Wildman–Crippen MR) is 61.0 cm³/mol. The number of aromatic amines is 1. The number of benzene rings is 1. The Hall–Kier alpha value is -1.55. The van der Waals surface area contributed by atoms with Gasteiger partial charge in [-0.3, -0.25) is 4.79 Å². The number of rotatable bonds is 2. The molecule has 0 atom stereocenters. The second kappa shape index (κ2) is 6.12. The zero-order valence-electron chi connectivity index (χ0n) is 8.67. The van der Waals surface area contributed by atoms with Gasteiger partial charge in [-0.15, -0.1) is 0 Å². The number of carbonyl (C=O) groups excluding carboxylic acids is 1. The van der Waals surface area contributed by atoms with Gasteiger partial charge in [0.2, 0.25) is 0 Å². The van der Waals surface area contributed by atoms with E-state index in [1.54, 1.807) is 19.2 Å². The van der Waals surface area contributed by atoms with Gasteiger partial charge >= 0.3 is 0 Å². The third-order valence-corrected chi connectivity index (χ3v) is 2.11. The van der Waals surface area contributed by atoms with Crippen molar-refractivity contribution >= 4 is 29.0 Å². The van der Waals surface area contributed by atoms with Gasteiger partial charge in [-0.1, -0.05) is 11.6 Å². The predicted octanol–water partition coefficient (Wildman–Crippen LogP) is 3.14. The monoisotopic (exact) mass is 243 g/mol. The number of fused-ring (bicyclic) bond motifs is 1. The first-order valence-electron chi connectivity index (χ1n) is 4.66. The molecule has 0 saturated carbocycles. The molecule has 0 radical (unpaired) electrons. The third-order valence-electron chi connectivity index (χ3n) is 1.81. The van der Waals surface area contributed by atoms with Crippen LogP contribution in [-0.2, 0) is 9.53 Å². The van der Waals surface area contributed by atoms with Crippen molar-refractivity contribution in [1.29, 1.82) is 0 Å². The highest BCUT2D eigenvalue weighted by Gasteiger charge is 2.01. The average molecular weight is 244 g/mol. The van der Waals surface area contributed by atoms with Crippen molar-refractivity contribution < 1.29 is 13.9 Å². The third kappa shape index (κ3) is 3.24. The standard InChI is InChI=1S/C8H5ClFN.C3H6O2/c9-7-4-6(10)3-5-1-2-11-8(5)7;1-2-5-3-4/h1-4,11H;3H,2H2,1H3. The summed E-state index contributed by atoms with van der Waals surface area (Å²) >= 11 is 5.73. The van der Waals surface area contributed by atoms with Gasteiger partial charge in [-0.2, -0.15) is 0 Å². The summed E-state index contributed by atoms with van der Waals surface area (Å²) in [5.41, 5.74) is 0.785. The molecule has 2 rings (SSSR count). The summed E-state index contributed by atoms with van der Waals surface area (Å²) in [6.07, 6.45) is 1.73. The van der Waals surface area contributed by atoms with Gasteiger partial charge < -0.3 is 9.72 Å². The Morgan fingerprint density at radius 1 is 1.56 bits per heavy atom. The van der Waals surface area contributed by atoms with Crippen LogP contribution in [0.25, 0.3) is 10.9 Å². The molecule has 0 saturated heterocycles. The fraction of sp³-hybridized carbons (Fsp3) is 0.182. The van der Waals surface area contributed by atoms with Crippen LogP contribution in [-0.4, -0.2) is 18.1 Å². The van der Waals surface area contributed by atoms with Crippen molar-refractivity contribution in [2.24, 2.45) is 0 Å². The van der Waals surface area contributed by atoms with Crippen molar-refractivity contribution in [3.8, 4) is 0 Å². The number of halogens is 2. The molecule has 2 aromatic rings. The van der Waals surface area contributed by atoms with Crippen LogP contribution >= 0.6 is 11.6 Å². The van der Waals surface area contributed by atoms with Crippen molar-refractivity contribution in [3.63, 3.8) is 0 Å². The summed E-state index contributed by atoms with van der Waals surface area (Å²) in [7, 11) is 0. The van der Waals surface area contributed by atoms with Crippen LogP contribution in [0.3, 0.4) is 0 Å². The molecule has 0 aliphatic rings. The molecule has 16 heavy (non-hydrogen) atoms. The van der Waals surface area contributed by atoms with E-state index in [0.717, 1.165) is 10.9 Å². The maximum atomic E-state index is 12.7. The highest BCUT2D eigenvalue weighted by atomic mass is 35.5. The van der Waals surface area contributed by atoms with E-state index < -0.39 is 0 Å². The number of aromatic nitrogens is 1. The van der Waals surface area contributed by atoms with Crippen LogP contribution in [0.15, 0.2) is 24.4 Å². The lowest BCUT2D eigenvalue weighted by Gasteiger charge is -1.93. The second-order valence-electron chi connectivity index (χ2n) is 2.88. The number of carbonyl (C=O) groups is 1. The number of ether oxygens (including phenoxy) is 1. The average Bonchev–Trinajstić information content (AvgIpc) is 2.68. The molecule has 0 bridgehead atoms. The first-order chi connectivity index (χ1) is 7.69. The summed E-state index contributed by atoms with van der Waals surface area (Å²) in [4.78, 5) is 12.1. The summed E-state index contributed by atoms with van der Waals surface area (Å²) in [6.45, 7) is 2.66. The summed E-state index contributed by atoms with van der Waals surface area (Å²) in [6, 6.07) is 4.52. The van der Waals surface area contributed by atoms with Gasteiger partial charge in [0.1, 0.15) is 5.82 Å². The first kappa shape index (κ1) is 12.5. The van der Waals surface area contributed by atoms with Crippen molar-refractivity contribution in [2.45, 2.75) is 6.92 Å². The van der Waals surface area contributed by atoms with Crippen LogP contribution in [0.1, 0.15) is 6.92 Å². The normalized spacial score (nSPS) is 9.44. The summed E-state index contributed by atoms with van der Waals surface area (Å²) in [5.74, 6) is -0.304. The molecule has 1 aromatic heterocycles. The lowest BCUT2D eigenvalue weighted by molar-refractivity contribution is -0.128. The Morgan fingerprint density at radius 3 is 2.88 bits per heavy atom. The van der Waals surface area contributed by atoms with E-state index in [1.165, 1.54) is 12.1 Å². The van der Waals surface area contributed by atoms with E-state index in [2.05, 4.69) is 9.72 Å². The fourth-order valence-corrected chi connectivity index (χ4v) is 1.43. The molecular formula is C11H11ClFNO2. The van der Waals surface area contributed by atoms with Gasteiger partial charge in [0.15, 0.2) is 0 Å². The Kier molecular flexibility index (Phi) is 4.79. The molecule has 0 spiro atoms. The fourth-order valence-electron chi connectivity index (χ4n) is 1.16. The summed E-state index contributed by atoms with van der Waals surface area (Å²) in [5, 5.41) is 1.22. The maximum Gasteiger partial charge on any atom is 0.293 e. The Morgan fingerprint density at radius 2 is 2.31 bits per heavy atom. The molecule has 0 aliphatic carbocycles. The van der Waals surface area contributed by atoms with Crippen molar-refractivity contribution in [1.82, 2.24) is 4.98 Å². The second-order valence-corrected chi connectivity index (χ2v) is 3.29. The highest BCUT2D eigenvalue weighted by molar-refractivity contribution is 6.35. The molecule has 1 aromatic carbocycles. The minimum atomic E-state index is -0.304. The zero-order chi connectivity index (χ0) is 12.0. The van der Waals surface area contributed by atoms with Gasteiger partial charge in [-0.25, -0.2) is 4.39 Å². The SMILES string of the molecule is CCOC=O.Fc1cc(Cl)c2[nH]ccc2c1. The van der Waals surface area contributed by atoms with Crippen molar-refractivity contribution in [2.75, 3.05) is 6.61 Å². The smallest absolute Gasteiger partial charge is 0.293 e. The van der Waals surface area contributed by atoms with Crippen LogP contribution in [0, 0.1) is 5.82 Å². The minimum Gasteiger partial charge on any atom is -0.468 e. The molecule has 0 fully saturated rings. The molecule has 86 valence electrons. The molecule has 5 heteroatoms. The lowest BCUT2D eigenvalue weighted by Crippen LogP contribution is -1.80. The van der Waals surface area contributed by atoms with E-state index >= 15 is 0 Å². The Balaban J connectivity index is 0.000000221. The van der Waals surface area contributed by atoms with Gasteiger partial charge in [0, 0.05) is 11.6 Å². The number of hydrogen-bond acceptors (Lipinski definition) is 2. The van der Waals surface area contributed by atoms with E-state index in [1.807, 2.05) is 0 Å². The maximum absolute atomic E-state index is 12.7. The van der Waals surface area contributed by atoms with Gasteiger partial charge in [0.05, 0.1) is 17.1 Å². The van der Waals surface area contributed by atoms with E-state index in [9.17, 15) is 9.18 Å². The quantitative estimate of drug-likeness (QED) is 0.824. The lowest BCUT2D eigenvalue weighted by atomic mass is 10.2. The molecule has 3 nitrogen and oxygen atoms in total. The number of nitrogens with one attached hydrogen (secondary N) is 1. The number of hydrogen-bond donors (Lipinski definition) is 1. The van der Waals surface area contributed by atoms with Gasteiger partial charge in [-0.05, 0) is 25.1 Å². The van der Waals surface area contributed by atoms with E-state index in [4.69, 9.17) is 11.6 Å². The summed E-state index contributed by atoms with van der Waals surface area (Å²) < 4.78 is 16.8. The zero-order valence-corrected chi connectivity index (χ0v) is 9.42. The molecule has 1 heterocycles. The van der Waals surface area contributed by atoms with Crippen LogP contribution in [0.2, 0.25) is 5.02 Å². The Labute approximate surface area is 97.2 Å². The molecule has 0 aliphatic heterocycles. The molecule has 0 amide bonds. The van der Waals surface area contributed by atoms with Gasteiger partial charge in [0.25, 0.3) is 6.47 Å². The molecular weight excluding hydrogens is 233 g/mol. The molecule has 1 N–H and O–H groups in total. The van der Waals surface area contributed by atoms with Crippen LogP contribution in [0.4, 0.5) is 4.39 Å². The number of H-pyrrole nitrogens is 1. The van der Waals surface area contributed by atoms with E-state index in [0.29, 0.717) is 18.1 Å². The topological polar surface area (TPSA) is 42.1 Å². The highest BCUT2D eigenvalue weighted by Crippen LogP contribution is 2.22. The minimum absolute atomic E-state index is 0.304. The van der Waals surface area contributed by atoms with Crippen molar-refractivity contribution in [3.05, 3.63) is 35.2 Å². The van der Waals surface area contributed by atoms with E-state index in [-0.39, 0.29) is 5.82 Å². The Bertz CT molecular complexity index is 470. The molecule has 0 unspecified atom stereocenters. The van der Waals surface area contributed by atoms with Crippen LogP contribution in [0.5, 0.6) is 0 Å². The first-order valence-corrected chi connectivity index (χ1v) is 5.04.